The number of thiophene rings is 1. The monoisotopic (exact) mass is 377 g/mol. The van der Waals surface area contributed by atoms with Crippen molar-refractivity contribution in [3.05, 3.63) is 45.1 Å². The van der Waals surface area contributed by atoms with E-state index in [0.717, 1.165) is 16.9 Å². The molecule has 2 aromatic rings. The second-order valence-corrected chi connectivity index (χ2v) is 6.95. The van der Waals surface area contributed by atoms with Gasteiger partial charge in [0, 0.05) is 4.88 Å². The largest absolute Gasteiger partial charge is 0.493 e. The predicted molar refractivity (Wildman–Crippen MR) is 100 cm³/mol. The van der Waals surface area contributed by atoms with Gasteiger partial charge in [0.15, 0.2) is 11.5 Å². The lowest BCUT2D eigenvalue weighted by atomic mass is 10.0. The fraction of sp³-hybridized carbons (Fsp3) is 0.368. The van der Waals surface area contributed by atoms with Gasteiger partial charge in [-0.25, -0.2) is 0 Å². The van der Waals surface area contributed by atoms with Gasteiger partial charge in [-0.3, -0.25) is 9.59 Å². The number of aliphatic carboxylic acids is 1. The van der Waals surface area contributed by atoms with Crippen LogP contribution in [0.1, 0.15) is 45.1 Å². The first-order valence-corrected chi connectivity index (χ1v) is 9.05. The molecule has 140 valence electrons. The number of carboxylic acids is 1. The van der Waals surface area contributed by atoms with E-state index in [0.29, 0.717) is 21.9 Å². The van der Waals surface area contributed by atoms with Crippen molar-refractivity contribution >= 4 is 23.2 Å². The van der Waals surface area contributed by atoms with E-state index < -0.39 is 12.0 Å². The maximum absolute atomic E-state index is 12.6. The smallest absolute Gasteiger partial charge is 0.305 e. The number of methoxy groups -OCH3 is 2. The van der Waals surface area contributed by atoms with Gasteiger partial charge in [0.2, 0.25) is 0 Å². The third kappa shape index (κ3) is 4.54. The SMILES string of the molecule is CCc1sc(C(=O)NC(CC(=O)O)c2ccc(OC)c(OC)c2)cc1C. The lowest BCUT2D eigenvalue weighted by Gasteiger charge is -2.18. The minimum absolute atomic E-state index is 0.230. The highest BCUT2D eigenvalue weighted by Gasteiger charge is 2.22. The second kappa shape index (κ2) is 8.71. The van der Waals surface area contributed by atoms with Gasteiger partial charge in [0.1, 0.15) is 0 Å². The number of carbonyl (C=O) groups excluding carboxylic acids is 1. The van der Waals surface area contributed by atoms with Gasteiger partial charge in [-0.15, -0.1) is 11.3 Å². The van der Waals surface area contributed by atoms with Gasteiger partial charge < -0.3 is 19.9 Å². The molecule has 1 aromatic carbocycles. The molecule has 7 heteroatoms. The summed E-state index contributed by atoms with van der Waals surface area (Å²) in [6.07, 6.45) is 0.629. The third-order valence-electron chi connectivity index (χ3n) is 4.06. The average molecular weight is 377 g/mol. The zero-order chi connectivity index (χ0) is 19.3. The molecule has 0 aliphatic carbocycles. The molecule has 0 aliphatic rings. The van der Waals surface area contributed by atoms with E-state index in [2.05, 4.69) is 5.32 Å². The molecule has 6 nitrogen and oxygen atoms in total. The molecule has 1 heterocycles. The van der Waals surface area contributed by atoms with Crippen molar-refractivity contribution < 1.29 is 24.2 Å². The Bertz CT molecular complexity index is 799. The van der Waals surface area contributed by atoms with E-state index in [-0.39, 0.29) is 12.3 Å². The standard InChI is InChI=1S/C19H23NO5S/c1-5-16-11(2)8-17(26-16)19(23)20-13(10-18(21)22)12-6-7-14(24-3)15(9-12)25-4/h6-9,13H,5,10H2,1-4H3,(H,20,23)(H,21,22). The zero-order valence-electron chi connectivity index (χ0n) is 15.3. The van der Waals surface area contributed by atoms with Crippen molar-refractivity contribution in [3.63, 3.8) is 0 Å². The summed E-state index contributed by atoms with van der Waals surface area (Å²) in [5, 5.41) is 12.1. The van der Waals surface area contributed by atoms with E-state index in [1.165, 1.54) is 25.6 Å². The topological polar surface area (TPSA) is 84.9 Å². The van der Waals surface area contributed by atoms with Crippen LogP contribution in [-0.4, -0.2) is 31.2 Å². The zero-order valence-corrected chi connectivity index (χ0v) is 16.1. The van der Waals surface area contributed by atoms with E-state index in [1.54, 1.807) is 18.2 Å². The Morgan fingerprint density at radius 2 is 1.88 bits per heavy atom. The molecule has 0 bridgehead atoms. The molecule has 1 atom stereocenters. The molecular weight excluding hydrogens is 354 g/mol. The summed E-state index contributed by atoms with van der Waals surface area (Å²) in [5.41, 5.74) is 1.71. The molecular formula is C19H23NO5S. The Labute approximate surface area is 156 Å². The van der Waals surface area contributed by atoms with Crippen LogP contribution in [0, 0.1) is 6.92 Å². The first-order valence-electron chi connectivity index (χ1n) is 8.23. The van der Waals surface area contributed by atoms with Gasteiger partial charge in [0.25, 0.3) is 5.91 Å². The fourth-order valence-corrected chi connectivity index (χ4v) is 3.73. The summed E-state index contributed by atoms with van der Waals surface area (Å²) >= 11 is 1.43. The highest BCUT2D eigenvalue weighted by molar-refractivity contribution is 7.14. The number of benzene rings is 1. The minimum Gasteiger partial charge on any atom is -0.493 e. The van der Waals surface area contributed by atoms with Crippen LogP contribution in [0.3, 0.4) is 0 Å². The Morgan fingerprint density at radius 1 is 1.19 bits per heavy atom. The molecule has 0 saturated carbocycles. The number of carbonyl (C=O) groups is 2. The molecule has 0 saturated heterocycles. The normalized spacial score (nSPS) is 11.7. The van der Waals surface area contributed by atoms with Crippen molar-refractivity contribution in [2.75, 3.05) is 14.2 Å². The summed E-state index contributed by atoms with van der Waals surface area (Å²) in [6, 6.07) is 6.27. The van der Waals surface area contributed by atoms with Crippen LogP contribution in [0.4, 0.5) is 0 Å². The number of rotatable bonds is 8. The lowest BCUT2D eigenvalue weighted by molar-refractivity contribution is -0.137. The lowest BCUT2D eigenvalue weighted by Crippen LogP contribution is -2.29. The number of amides is 1. The van der Waals surface area contributed by atoms with Gasteiger partial charge in [-0.05, 0) is 42.7 Å². The van der Waals surface area contributed by atoms with E-state index >= 15 is 0 Å². The third-order valence-corrected chi connectivity index (χ3v) is 5.44. The number of hydrogen-bond donors (Lipinski definition) is 2. The summed E-state index contributed by atoms with van der Waals surface area (Å²) in [4.78, 5) is 25.6. The molecule has 26 heavy (non-hydrogen) atoms. The Kier molecular flexibility index (Phi) is 6.63. The average Bonchev–Trinajstić information content (AvgIpc) is 3.01. The number of nitrogens with one attached hydrogen (secondary N) is 1. The highest BCUT2D eigenvalue weighted by atomic mass is 32.1. The maximum Gasteiger partial charge on any atom is 0.305 e. The van der Waals surface area contributed by atoms with Crippen molar-refractivity contribution in [2.45, 2.75) is 32.7 Å². The van der Waals surface area contributed by atoms with Crippen LogP contribution in [0.25, 0.3) is 0 Å². The van der Waals surface area contributed by atoms with Crippen LogP contribution < -0.4 is 14.8 Å². The summed E-state index contributed by atoms with van der Waals surface area (Å²) in [6.45, 7) is 4.01. The van der Waals surface area contributed by atoms with Crippen LogP contribution in [0.5, 0.6) is 11.5 Å². The van der Waals surface area contributed by atoms with Gasteiger partial charge >= 0.3 is 5.97 Å². The minimum atomic E-state index is -0.998. The van der Waals surface area contributed by atoms with E-state index in [4.69, 9.17) is 9.47 Å². The Morgan fingerprint density at radius 3 is 2.42 bits per heavy atom. The van der Waals surface area contributed by atoms with Crippen LogP contribution >= 0.6 is 11.3 Å². The molecule has 1 amide bonds. The van der Waals surface area contributed by atoms with E-state index in [9.17, 15) is 14.7 Å². The predicted octanol–water partition coefficient (Wildman–Crippen LogP) is 3.58. The van der Waals surface area contributed by atoms with Gasteiger partial charge in [0.05, 0.1) is 31.6 Å². The second-order valence-electron chi connectivity index (χ2n) is 5.81. The van der Waals surface area contributed by atoms with Gasteiger partial charge in [-0.2, -0.15) is 0 Å². The molecule has 0 radical (unpaired) electrons. The van der Waals surface area contributed by atoms with Crippen molar-refractivity contribution in [3.8, 4) is 11.5 Å². The quantitative estimate of drug-likeness (QED) is 0.734. The molecule has 2 N–H and O–H groups in total. The first kappa shape index (κ1) is 19.8. The molecule has 1 aromatic heterocycles. The Hall–Kier alpha value is -2.54. The number of hydrogen-bond acceptors (Lipinski definition) is 5. The summed E-state index contributed by atoms with van der Waals surface area (Å²) in [7, 11) is 3.03. The highest BCUT2D eigenvalue weighted by Crippen LogP contribution is 2.31. The van der Waals surface area contributed by atoms with Crippen LogP contribution in [-0.2, 0) is 11.2 Å². The van der Waals surface area contributed by atoms with Crippen LogP contribution in [0.2, 0.25) is 0 Å². The number of ether oxygens (including phenoxy) is 2. The number of carboxylic acid groups (broad SMARTS) is 1. The van der Waals surface area contributed by atoms with E-state index in [1.807, 2.05) is 19.9 Å². The molecule has 0 fully saturated rings. The van der Waals surface area contributed by atoms with Crippen molar-refractivity contribution in [1.82, 2.24) is 5.32 Å². The van der Waals surface area contributed by atoms with Crippen LogP contribution in [0.15, 0.2) is 24.3 Å². The number of aryl methyl sites for hydroxylation is 2. The molecule has 1 unspecified atom stereocenters. The molecule has 0 aliphatic heterocycles. The van der Waals surface area contributed by atoms with Crippen molar-refractivity contribution in [2.24, 2.45) is 0 Å². The molecule has 0 spiro atoms. The summed E-state index contributed by atoms with van der Waals surface area (Å²) in [5.74, 6) is -0.256. The fourth-order valence-electron chi connectivity index (χ4n) is 2.71. The summed E-state index contributed by atoms with van der Waals surface area (Å²) < 4.78 is 10.5. The maximum atomic E-state index is 12.6. The van der Waals surface area contributed by atoms with Gasteiger partial charge in [-0.1, -0.05) is 13.0 Å². The van der Waals surface area contributed by atoms with Crippen molar-refractivity contribution in [1.29, 1.82) is 0 Å². The Balaban J connectivity index is 2.29. The molecule has 2 rings (SSSR count). The first-order chi connectivity index (χ1) is 12.4.